The standard InChI is InChI=1S/C16H26ClN3/c1-3-8-16(2,13-18)20-11-9-19(10-12-20)15-6-4-14(17)5-7-15/h4-7H,3,8-13,18H2,1-2H3. The van der Waals surface area contributed by atoms with Crippen molar-refractivity contribution in [3.05, 3.63) is 29.3 Å². The molecule has 1 aromatic carbocycles. The molecule has 0 aromatic heterocycles. The van der Waals surface area contributed by atoms with Gasteiger partial charge in [-0.2, -0.15) is 0 Å². The Balaban J connectivity index is 1.96. The molecule has 0 bridgehead atoms. The van der Waals surface area contributed by atoms with Crippen molar-refractivity contribution in [3.8, 4) is 0 Å². The van der Waals surface area contributed by atoms with E-state index >= 15 is 0 Å². The van der Waals surface area contributed by atoms with Gasteiger partial charge >= 0.3 is 0 Å². The van der Waals surface area contributed by atoms with E-state index in [2.05, 4.69) is 35.8 Å². The van der Waals surface area contributed by atoms with Crippen LogP contribution in [0.25, 0.3) is 0 Å². The summed E-state index contributed by atoms with van der Waals surface area (Å²) in [5.41, 5.74) is 7.43. The maximum Gasteiger partial charge on any atom is 0.0407 e. The molecule has 4 heteroatoms. The maximum absolute atomic E-state index is 6.02. The Morgan fingerprint density at radius 3 is 2.25 bits per heavy atom. The van der Waals surface area contributed by atoms with Crippen molar-refractivity contribution in [2.75, 3.05) is 37.6 Å². The first-order chi connectivity index (χ1) is 9.59. The minimum atomic E-state index is 0.154. The number of hydrogen-bond donors (Lipinski definition) is 1. The average Bonchev–Trinajstić information content (AvgIpc) is 2.48. The highest BCUT2D eigenvalue weighted by atomic mass is 35.5. The molecule has 0 radical (unpaired) electrons. The molecule has 112 valence electrons. The molecule has 0 amide bonds. The van der Waals surface area contributed by atoms with Crippen molar-refractivity contribution in [2.24, 2.45) is 5.73 Å². The molecule has 0 spiro atoms. The first kappa shape index (κ1) is 15.6. The van der Waals surface area contributed by atoms with E-state index in [1.54, 1.807) is 0 Å². The first-order valence-corrected chi connectivity index (χ1v) is 7.92. The molecule has 1 unspecified atom stereocenters. The van der Waals surface area contributed by atoms with Crippen molar-refractivity contribution < 1.29 is 0 Å². The predicted octanol–water partition coefficient (Wildman–Crippen LogP) is 2.98. The summed E-state index contributed by atoms with van der Waals surface area (Å²) in [7, 11) is 0. The molecular formula is C16H26ClN3. The SMILES string of the molecule is CCCC(C)(CN)N1CCN(c2ccc(Cl)cc2)CC1. The largest absolute Gasteiger partial charge is 0.369 e. The number of nitrogens with two attached hydrogens (primary N) is 1. The quantitative estimate of drug-likeness (QED) is 0.906. The van der Waals surface area contributed by atoms with Crippen LogP contribution in [0.15, 0.2) is 24.3 Å². The molecule has 1 saturated heterocycles. The average molecular weight is 296 g/mol. The minimum Gasteiger partial charge on any atom is -0.369 e. The van der Waals surface area contributed by atoms with Crippen molar-refractivity contribution in [3.63, 3.8) is 0 Å². The van der Waals surface area contributed by atoms with Gasteiger partial charge in [0.2, 0.25) is 0 Å². The molecule has 2 N–H and O–H groups in total. The van der Waals surface area contributed by atoms with Crippen LogP contribution in [0, 0.1) is 0 Å². The minimum absolute atomic E-state index is 0.154. The highest BCUT2D eigenvalue weighted by Crippen LogP contribution is 2.25. The third-order valence-corrected chi connectivity index (χ3v) is 4.72. The van der Waals surface area contributed by atoms with Crippen LogP contribution in [-0.4, -0.2) is 43.2 Å². The van der Waals surface area contributed by atoms with Gasteiger partial charge in [0.15, 0.2) is 0 Å². The third kappa shape index (κ3) is 3.46. The molecule has 1 fully saturated rings. The van der Waals surface area contributed by atoms with Crippen LogP contribution in [0.4, 0.5) is 5.69 Å². The zero-order chi connectivity index (χ0) is 14.6. The van der Waals surface area contributed by atoms with Gasteiger partial charge in [-0.25, -0.2) is 0 Å². The molecular weight excluding hydrogens is 270 g/mol. The van der Waals surface area contributed by atoms with Crippen LogP contribution in [-0.2, 0) is 0 Å². The number of anilines is 1. The van der Waals surface area contributed by atoms with Crippen LogP contribution < -0.4 is 10.6 Å². The fraction of sp³-hybridized carbons (Fsp3) is 0.625. The lowest BCUT2D eigenvalue weighted by molar-refractivity contribution is 0.0935. The summed E-state index contributed by atoms with van der Waals surface area (Å²) in [5, 5.41) is 0.797. The van der Waals surface area contributed by atoms with Gasteiger partial charge in [0.25, 0.3) is 0 Å². The van der Waals surface area contributed by atoms with E-state index in [-0.39, 0.29) is 5.54 Å². The summed E-state index contributed by atoms with van der Waals surface area (Å²) in [6.07, 6.45) is 2.36. The smallest absolute Gasteiger partial charge is 0.0407 e. The van der Waals surface area contributed by atoms with Gasteiger partial charge in [-0.1, -0.05) is 24.9 Å². The summed E-state index contributed by atoms with van der Waals surface area (Å²) in [5.74, 6) is 0. The van der Waals surface area contributed by atoms with Gasteiger partial charge in [0.05, 0.1) is 0 Å². The summed E-state index contributed by atoms with van der Waals surface area (Å²) >= 11 is 5.95. The molecule has 1 aromatic rings. The van der Waals surface area contributed by atoms with Crippen LogP contribution in [0.1, 0.15) is 26.7 Å². The van der Waals surface area contributed by atoms with Crippen LogP contribution >= 0.6 is 11.6 Å². The van der Waals surface area contributed by atoms with Gasteiger partial charge in [-0.15, -0.1) is 0 Å². The normalized spacial score (nSPS) is 19.9. The van der Waals surface area contributed by atoms with E-state index in [1.165, 1.54) is 18.5 Å². The number of hydrogen-bond acceptors (Lipinski definition) is 3. The Kier molecular flexibility index (Phi) is 5.30. The number of piperazine rings is 1. The highest BCUT2D eigenvalue weighted by Gasteiger charge is 2.32. The van der Waals surface area contributed by atoms with E-state index < -0.39 is 0 Å². The van der Waals surface area contributed by atoms with E-state index in [9.17, 15) is 0 Å². The predicted molar refractivity (Wildman–Crippen MR) is 87.6 cm³/mol. The monoisotopic (exact) mass is 295 g/mol. The topological polar surface area (TPSA) is 32.5 Å². The van der Waals surface area contributed by atoms with Crippen LogP contribution in [0.5, 0.6) is 0 Å². The van der Waals surface area contributed by atoms with Crippen molar-refractivity contribution in [1.29, 1.82) is 0 Å². The summed E-state index contributed by atoms with van der Waals surface area (Å²) in [6, 6.07) is 8.13. The second-order valence-electron chi connectivity index (χ2n) is 5.90. The number of benzene rings is 1. The lowest BCUT2D eigenvalue weighted by Crippen LogP contribution is -2.58. The molecule has 0 aliphatic carbocycles. The van der Waals surface area contributed by atoms with Crippen LogP contribution in [0.3, 0.4) is 0 Å². The van der Waals surface area contributed by atoms with E-state index in [0.29, 0.717) is 0 Å². The molecule has 20 heavy (non-hydrogen) atoms. The van der Waals surface area contributed by atoms with Gasteiger partial charge < -0.3 is 10.6 Å². The second kappa shape index (κ2) is 6.79. The zero-order valence-corrected chi connectivity index (χ0v) is 13.4. The molecule has 1 aliphatic rings. The lowest BCUT2D eigenvalue weighted by atomic mass is 9.93. The zero-order valence-electron chi connectivity index (χ0n) is 12.6. The molecule has 3 nitrogen and oxygen atoms in total. The Morgan fingerprint density at radius 2 is 1.75 bits per heavy atom. The van der Waals surface area contributed by atoms with Gasteiger partial charge in [-0.05, 0) is 37.6 Å². The van der Waals surface area contributed by atoms with E-state index in [0.717, 1.165) is 37.7 Å². The van der Waals surface area contributed by atoms with E-state index in [1.807, 2.05) is 12.1 Å². The molecule has 1 heterocycles. The summed E-state index contributed by atoms with van der Waals surface area (Å²) in [6.45, 7) is 9.54. The second-order valence-corrected chi connectivity index (χ2v) is 6.34. The molecule has 2 rings (SSSR count). The number of rotatable bonds is 5. The summed E-state index contributed by atoms with van der Waals surface area (Å²) in [4.78, 5) is 4.98. The fourth-order valence-corrected chi connectivity index (χ4v) is 3.21. The molecule has 0 saturated carbocycles. The fourth-order valence-electron chi connectivity index (χ4n) is 3.08. The van der Waals surface area contributed by atoms with Gasteiger partial charge in [0.1, 0.15) is 0 Å². The summed E-state index contributed by atoms with van der Waals surface area (Å²) < 4.78 is 0. The molecule has 1 atom stereocenters. The maximum atomic E-state index is 6.02. The highest BCUT2D eigenvalue weighted by molar-refractivity contribution is 6.30. The van der Waals surface area contributed by atoms with Crippen molar-refractivity contribution in [2.45, 2.75) is 32.2 Å². The van der Waals surface area contributed by atoms with E-state index in [4.69, 9.17) is 17.3 Å². The Hall–Kier alpha value is -0.770. The van der Waals surface area contributed by atoms with Gasteiger partial charge in [0, 0.05) is 49.0 Å². The molecule has 1 aliphatic heterocycles. The van der Waals surface area contributed by atoms with Crippen molar-refractivity contribution in [1.82, 2.24) is 4.90 Å². The Morgan fingerprint density at radius 1 is 1.15 bits per heavy atom. The van der Waals surface area contributed by atoms with Crippen LogP contribution in [0.2, 0.25) is 5.02 Å². The lowest BCUT2D eigenvalue weighted by Gasteiger charge is -2.46. The Labute approximate surface area is 127 Å². The Bertz CT molecular complexity index is 412. The first-order valence-electron chi connectivity index (χ1n) is 7.54. The number of halogens is 1. The van der Waals surface area contributed by atoms with Crippen molar-refractivity contribution >= 4 is 17.3 Å². The van der Waals surface area contributed by atoms with Gasteiger partial charge in [-0.3, -0.25) is 4.90 Å². The third-order valence-electron chi connectivity index (χ3n) is 4.46. The number of nitrogens with zero attached hydrogens (tertiary/aromatic N) is 2.